The van der Waals surface area contributed by atoms with E-state index >= 15 is 0 Å². The average molecular weight is 356 g/mol. The molecule has 6 heteroatoms. The molecule has 21 heavy (non-hydrogen) atoms. The maximum absolute atomic E-state index is 12.7. The highest BCUT2D eigenvalue weighted by Gasteiger charge is 2.26. The number of carbonyl (C=O) groups excluding carboxylic acids is 1. The van der Waals surface area contributed by atoms with Crippen LogP contribution >= 0.6 is 15.9 Å². The molecule has 0 spiro atoms. The normalized spacial score (nSPS) is 18.6. The lowest BCUT2D eigenvalue weighted by Gasteiger charge is -2.32. The molecule has 0 aliphatic carbocycles. The lowest BCUT2D eigenvalue weighted by atomic mass is 9.98. The molecule has 0 saturated carbocycles. The van der Waals surface area contributed by atoms with E-state index in [-0.39, 0.29) is 18.4 Å². The number of nitrogens with one attached hydrogen (secondary N) is 1. The molecule has 1 aliphatic heterocycles. The molecule has 2 N–H and O–H groups in total. The molecule has 1 aliphatic rings. The van der Waals surface area contributed by atoms with Crippen LogP contribution < -0.4 is 5.32 Å². The van der Waals surface area contributed by atoms with Gasteiger partial charge in [-0.1, -0.05) is 6.92 Å². The highest BCUT2D eigenvalue weighted by atomic mass is 79.9. The second kappa shape index (κ2) is 7.75. The van der Waals surface area contributed by atoms with E-state index in [1.165, 1.54) is 0 Å². The van der Waals surface area contributed by atoms with Crippen LogP contribution in [0.2, 0.25) is 0 Å². The van der Waals surface area contributed by atoms with E-state index in [1.54, 1.807) is 6.20 Å². The van der Waals surface area contributed by atoms with Gasteiger partial charge in [0.1, 0.15) is 5.82 Å². The zero-order valence-corrected chi connectivity index (χ0v) is 13.9. The highest BCUT2D eigenvalue weighted by Crippen LogP contribution is 2.23. The van der Waals surface area contributed by atoms with Crippen molar-refractivity contribution in [2.45, 2.75) is 26.2 Å². The summed E-state index contributed by atoms with van der Waals surface area (Å²) >= 11 is 3.38. The number of hydrogen-bond acceptors (Lipinski definition) is 4. The first-order valence-electron chi connectivity index (χ1n) is 7.45. The van der Waals surface area contributed by atoms with Gasteiger partial charge < -0.3 is 15.3 Å². The molecule has 2 rings (SSSR count). The molecule has 1 fully saturated rings. The van der Waals surface area contributed by atoms with Gasteiger partial charge in [0.15, 0.2) is 0 Å². The number of nitrogens with zero attached hydrogens (tertiary/aromatic N) is 2. The Hall–Kier alpha value is -1.14. The Bertz CT molecular complexity index is 496. The third kappa shape index (κ3) is 4.17. The summed E-state index contributed by atoms with van der Waals surface area (Å²) in [4.78, 5) is 18.9. The lowest BCUT2D eigenvalue weighted by Crippen LogP contribution is -2.41. The summed E-state index contributed by atoms with van der Waals surface area (Å²) in [7, 11) is 0. The molecular formula is C15H22BrN3O2. The van der Waals surface area contributed by atoms with Gasteiger partial charge in [0.2, 0.25) is 0 Å². The zero-order valence-electron chi connectivity index (χ0n) is 12.3. The van der Waals surface area contributed by atoms with E-state index in [2.05, 4.69) is 33.2 Å². The highest BCUT2D eigenvalue weighted by molar-refractivity contribution is 9.10. The molecule has 5 nitrogen and oxygen atoms in total. The lowest BCUT2D eigenvalue weighted by molar-refractivity contribution is 0.0621. The van der Waals surface area contributed by atoms with E-state index in [1.807, 2.05) is 11.0 Å². The smallest absolute Gasteiger partial charge is 0.257 e. The molecule has 0 aromatic carbocycles. The number of rotatable bonds is 5. The van der Waals surface area contributed by atoms with Gasteiger partial charge in [-0.05, 0) is 47.2 Å². The Balaban J connectivity index is 2.18. The molecule has 1 unspecified atom stereocenters. The maximum Gasteiger partial charge on any atom is 0.257 e. The molecule has 0 bridgehead atoms. The zero-order chi connectivity index (χ0) is 15.2. The van der Waals surface area contributed by atoms with Crippen molar-refractivity contribution in [1.82, 2.24) is 9.88 Å². The number of pyridine rings is 1. The number of hydrogen-bond donors (Lipinski definition) is 2. The summed E-state index contributed by atoms with van der Waals surface area (Å²) in [5, 5.41) is 12.5. The third-order valence-corrected chi connectivity index (χ3v) is 4.13. The Morgan fingerprint density at radius 2 is 2.43 bits per heavy atom. The molecule has 0 radical (unpaired) electrons. The van der Waals surface area contributed by atoms with Gasteiger partial charge in [0, 0.05) is 36.9 Å². The van der Waals surface area contributed by atoms with Crippen molar-refractivity contribution in [2.75, 3.05) is 31.6 Å². The third-order valence-electron chi connectivity index (χ3n) is 3.69. The molecule has 116 valence electrons. The van der Waals surface area contributed by atoms with Crippen molar-refractivity contribution in [1.29, 1.82) is 0 Å². The number of carbonyl (C=O) groups is 1. The van der Waals surface area contributed by atoms with Crippen molar-refractivity contribution in [3.63, 3.8) is 0 Å². The van der Waals surface area contributed by atoms with Gasteiger partial charge in [-0.25, -0.2) is 4.98 Å². The van der Waals surface area contributed by atoms with Crippen LogP contribution in [-0.2, 0) is 0 Å². The minimum Gasteiger partial charge on any atom is -0.396 e. The van der Waals surface area contributed by atoms with Crippen LogP contribution in [0.3, 0.4) is 0 Å². The Morgan fingerprint density at radius 1 is 1.62 bits per heavy atom. The number of aliphatic hydroxyl groups excluding tert-OH is 1. The number of aromatic nitrogens is 1. The van der Waals surface area contributed by atoms with Crippen molar-refractivity contribution >= 4 is 27.7 Å². The number of piperidine rings is 1. The summed E-state index contributed by atoms with van der Waals surface area (Å²) in [6.07, 6.45) is 4.59. The molecule has 1 aromatic rings. The van der Waals surface area contributed by atoms with Crippen LogP contribution in [0.5, 0.6) is 0 Å². The van der Waals surface area contributed by atoms with Gasteiger partial charge in [0.25, 0.3) is 5.91 Å². The minimum atomic E-state index is -0.0134. The fourth-order valence-electron chi connectivity index (χ4n) is 2.56. The van der Waals surface area contributed by atoms with Gasteiger partial charge in [-0.15, -0.1) is 0 Å². The molecular weight excluding hydrogens is 334 g/mol. The predicted molar refractivity (Wildman–Crippen MR) is 86.4 cm³/mol. The predicted octanol–water partition coefficient (Wildman–Crippen LogP) is 2.51. The van der Waals surface area contributed by atoms with Crippen LogP contribution in [0, 0.1) is 5.92 Å². The molecule has 2 heterocycles. The van der Waals surface area contributed by atoms with E-state index < -0.39 is 0 Å². The Kier molecular flexibility index (Phi) is 5.99. The summed E-state index contributed by atoms with van der Waals surface area (Å²) in [5.74, 6) is 0.812. The fraction of sp³-hybridized carbons (Fsp3) is 0.600. The first kappa shape index (κ1) is 16.2. The quantitative estimate of drug-likeness (QED) is 0.851. The van der Waals surface area contributed by atoms with Crippen LogP contribution in [-0.4, -0.2) is 47.1 Å². The van der Waals surface area contributed by atoms with E-state index in [9.17, 15) is 9.90 Å². The number of halogens is 1. The summed E-state index contributed by atoms with van der Waals surface area (Å²) in [5.41, 5.74) is 0.594. The van der Waals surface area contributed by atoms with Gasteiger partial charge >= 0.3 is 0 Å². The molecule has 1 amide bonds. The second-order valence-corrected chi connectivity index (χ2v) is 6.33. The standard InChI is InChI=1S/C15H22BrN3O2/c1-2-5-17-14-13(7-12(16)8-18-14)15(21)19-6-3-4-11(9-19)10-20/h7-8,11,20H,2-6,9-10H2,1H3,(H,17,18). The maximum atomic E-state index is 12.7. The monoisotopic (exact) mass is 355 g/mol. The Morgan fingerprint density at radius 3 is 3.14 bits per heavy atom. The van der Waals surface area contributed by atoms with Crippen LogP contribution in [0.25, 0.3) is 0 Å². The number of likely N-dealkylation sites (tertiary alicyclic amines) is 1. The topological polar surface area (TPSA) is 65.5 Å². The fourth-order valence-corrected chi connectivity index (χ4v) is 2.89. The second-order valence-electron chi connectivity index (χ2n) is 5.42. The van der Waals surface area contributed by atoms with Crippen LogP contribution in [0.15, 0.2) is 16.7 Å². The Labute approximate surface area is 133 Å². The van der Waals surface area contributed by atoms with Crippen molar-refractivity contribution in [3.05, 3.63) is 22.3 Å². The van der Waals surface area contributed by atoms with Crippen molar-refractivity contribution in [2.24, 2.45) is 5.92 Å². The minimum absolute atomic E-state index is 0.0134. The van der Waals surface area contributed by atoms with E-state index in [4.69, 9.17) is 0 Å². The van der Waals surface area contributed by atoms with E-state index in [0.717, 1.165) is 36.8 Å². The first-order chi connectivity index (χ1) is 10.2. The number of aliphatic hydroxyl groups is 1. The van der Waals surface area contributed by atoms with E-state index in [0.29, 0.717) is 17.9 Å². The SMILES string of the molecule is CCCNc1ncc(Br)cc1C(=O)N1CCCC(CO)C1. The van der Waals surface area contributed by atoms with Crippen molar-refractivity contribution < 1.29 is 9.90 Å². The van der Waals surface area contributed by atoms with Crippen LogP contribution in [0.1, 0.15) is 36.5 Å². The molecule has 1 saturated heterocycles. The van der Waals surface area contributed by atoms with Crippen LogP contribution in [0.4, 0.5) is 5.82 Å². The average Bonchev–Trinajstić information content (AvgIpc) is 2.53. The van der Waals surface area contributed by atoms with Gasteiger partial charge in [-0.2, -0.15) is 0 Å². The largest absolute Gasteiger partial charge is 0.396 e. The van der Waals surface area contributed by atoms with Gasteiger partial charge in [0.05, 0.1) is 5.56 Å². The first-order valence-corrected chi connectivity index (χ1v) is 8.24. The molecule has 1 atom stereocenters. The summed E-state index contributed by atoms with van der Waals surface area (Å²) < 4.78 is 0.795. The number of anilines is 1. The summed E-state index contributed by atoms with van der Waals surface area (Å²) in [6, 6.07) is 1.82. The van der Waals surface area contributed by atoms with Crippen molar-refractivity contribution in [3.8, 4) is 0 Å². The summed E-state index contributed by atoms with van der Waals surface area (Å²) in [6.45, 7) is 4.36. The number of amides is 1. The van der Waals surface area contributed by atoms with Gasteiger partial charge in [-0.3, -0.25) is 4.79 Å². The molecule has 1 aromatic heterocycles.